The summed E-state index contributed by atoms with van der Waals surface area (Å²) in [4.78, 5) is 32.7. The first kappa shape index (κ1) is 28.0. The molecule has 208 valence electrons. The number of carbonyl (C=O) groups excluding carboxylic acids is 2. The number of rotatable bonds is 8. The highest BCUT2D eigenvalue weighted by Gasteiger charge is 2.48. The maximum Gasteiger partial charge on any atom is 0.300 e. The minimum Gasteiger partial charge on any atom is -0.507 e. The Morgan fingerprint density at radius 3 is 2.24 bits per heavy atom. The zero-order valence-corrected chi connectivity index (χ0v) is 23.5. The van der Waals surface area contributed by atoms with Crippen molar-refractivity contribution in [2.24, 2.45) is 0 Å². The van der Waals surface area contributed by atoms with E-state index in [0.717, 1.165) is 5.56 Å². The number of ether oxygens (including phenoxy) is 3. The number of benzene rings is 3. The first-order valence-electron chi connectivity index (χ1n) is 12.4. The van der Waals surface area contributed by atoms with E-state index in [1.54, 1.807) is 42.5 Å². The highest BCUT2D eigenvalue weighted by molar-refractivity contribution is 6.52. The molecule has 1 N–H and O–H groups in total. The Hall–Kier alpha value is -4.53. The van der Waals surface area contributed by atoms with Crippen LogP contribution in [0.25, 0.3) is 5.76 Å². The standard InChI is InChI=1S/C31H24Cl2N2O6/c1-39-29-21(16-22(32)30(40-2)25(29)33)27(36)24-26(23-10-6-7-15-34-23)35(31(38)28(24)37)19-11-13-20(14-12-19)41-17-18-8-4-3-5-9-18/h3-16,26,36H,17H2,1-2H3/b27-24+. The molecule has 0 aliphatic carbocycles. The Balaban J connectivity index is 1.59. The van der Waals surface area contributed by atoms with E-state index in [1.165, 1.54) is 31.4 Å². The minimum atomic E-state index is -1.06. The van der Waals surface area contributed by atoms with Gasteiger partial charge >= 0.3 is 0 Å². The number of methoxy groups -OCH3 is 2. The van der Waals surface area contributed by atoms with Gasteiger partial charge < -0.3 is 19.3 Å². The van der Waals surface area contributed by atoms with Gasteiger partial charge in [-0.15, -0.1) is 0 Å². The van der Waals surface area contributed by atoms with Gasteiger partial charge in [-0.1, -0.05) is 59.6 Å². The lowest BCUT2D eigenvalue weighted by molar-refractivity contribution is -0.132. The molecule has 1 aliphatic heterocycles. The summed E-state index contributed by atoms with van der Waals surface area (Å²) in [6, 6.07) is 21.9. The summed E-state index contributed by atoms with van der Waals surface area (Å²) >= 11 is 12.8. The number of nitrogens with zero attached hydrogens (tertiary/aromatic N) is 2. The van der Waals surface area contributed by atoms with E-state index in [1.807, 2.05) is 30.3 Å². The third-order valence-corrected chi connectivity index (χ3v) is 7.19. The van der Waals surface area contributed by atoms with Crippen LogP contribution in [-0.2, 0) is 16.2 Å². The molecular formula is C31H24Cl2N2O6. The second-order valence-corrected chi connectivity index (χ2v) is 9.76. The molecule has 1 fully saturated rings. The fourth-order valence-corrected chi connectivity index (χ4v) is 5.34. The van der Waals surface area contributed by atoms with Crippen molar-refractivity contribution in [3.8, 4) is 17.2 Å². The third-order valence-electron chi connectivity index (χ3n) is 6.57. The van der Waals surface area contributed by atoms with Crippen molar-refractivity contribution in [1.29, 1.82) is 0 Å². The number of halogens is 2. The van der Waals surface area contributed by atoms with Gasteiger partial charge in [0.15, 0.2) is 11.5 Å². The monoisotopic (exact) mass is 590 g/mol. The summed E-state index contributed by atoms with van der Waals surface area (Å²) in [7, 11) is 2.73. The van der Waals surface area contributed by atoms with Crippen molar-refractivity contribution in [2.75, 3.05) is 19.1 Å². The van der Waals surface area contributed by atoms with Gasteiger partial charge in [-0.3, -0.25) is 19.5 Å². The van der Waals surface area contributed by atoms with Crippen LogP contribution in [-0.4, -0.2) is 36.0 Å². The topological polar surface area (TPSA) is 98.2 Å². The Bertz CT molecular complexity index is 1630. The summed E-state index contributed by atoms with van der Waals surface area (Å²) in [5.74, 6) is -1.53. The third kappa shape index (κ3) is 5.31. The molecular weight excluding hydrogens is 567 g/mol. The van der Waals surface area contributed by atoms with Crippen molar-refractivity contribution in [3.05, 3.63) is 117 Å². The highest BCUT2D eigenvalue weighted by Crippen LogP contribution is 2.47. The van der Waals surface area contributed by atoms with Crippen LogP contribution in [0.3, 0.4) is 0 Å². The van der Waals surface area contributed by atoms with Crippen molar-refractivity contribution < 1.29 is 28.9 Å². The Labute approximate surface area is 246 Å². The quantitative estimate of drug-likeness (QED) is 0.140. The number of carbonyl (C=O) groups is 2. The van der Waals surface area contributed by atoms with Crippen molar-refractivity contribution in [2.45, 2.75) is 12.6 Å². The van der Waals surface area contributed by atoms with E-state index in [9.17, 15) is 14.7 Å². The van der Waals surface area contributed by atoms with Crippen LogP contribution < -0.4 is 19.1 Å². The molecule has 10 heteroatoms. The number of hydrogen-bond acceptors (Lipinski definition) is 7. The molecule has 41 heavy (non-hydrogen) atoms. The maximum atomic E-state index is 13.5. The predicted octanol–water partition coefficient (Wildman–Crippen LogP) is 6.61. The number of aliphatic hydroxyl groups excluding tert-OH is 1. The number of ketones is 1. The minimum absolute atomic E-state index is 0.00115. The summed E-state index contributed by atoms with van der Waals surface area (Å²) < 4.78 is 16.5. The summed E-state index contributed by atoms with van der Waals surface area (Å²) in [6.45, 7) is 0.369. The number of pyridine rings is 1. The lowest BCUT2D eigenvalue weighted by atomic mass is 9.97. The van der Waals surface area contributed by atoms with E-state index < -0.39 is 23.5 Å². The van der Waals surface area contributed by atoms with Crippen LogP contribution >= 0.6 is 23.2 Å². The molecule has 0 saturated carbocycles. The van der Waals surface area contributed by atoms with E-state index >= 15 is 0 Å². The van der Waals surface area contributed by atoms with Gasteiger partial charge in [0.2, 0.25) is 0 Å². The Kier molecular flexibility index (Phi) is 8.14. The first-order chi connectivity index (χ1) is 19.8. The van der Waals surface area contributed by atoms with Crippen LogP contribution in [0.15, 0.2) is 90.6 Å². The van der Waals surface area contributed by atoms with Crippen LogP contribution in [0.4, 0.5) is 5.69 Å². The molecule has 1 saturated heterocycles. The van der Waals surface area contributed by atoms with E-state index in [-0.39, 0.29) is 32.7 Å². The average Bonchev–Trinajstić information content (AvgIpc) is 3.26. The van der Waals surface area contributed by atoms with E-state index in [2.05, 4.69) is 4.98 Å². The van der Waals surface area contributed by atoms with Crippen molar-refractivity contribution >= 4 is 46.3 Å². The van der Waals surface area contributed by atoms with Gasteiger partial charge in [-0.25, -0.2) is 0 Å². The molecule has 1 aliphatic rings. The smallest absolute Gasteiger partial charge is 0.300 e. The molecule has 0 spiro atoms. The van der Waals surface area contributed by atoms with Gasteiger partial charge in [-0.05, 0) is 48.0 Å². The van der Waals surface area contributed by atoms with Gasteiger partial charge in [-0.2, -0.15) is 0 Å². The predicted molar refractivity (Wildman–Crippen MR) is 156 cm³/mol. The number of amides is 1. The number of hydrogen-bond donors (Lipinski definition) is 1. The van der Waals surface area contributed by atoms with Crippen LogP contribution in [0.2, 0.25) is 10.0 Å². The van der Waals surface area contributed by atoms with E-state index in [4.69, 9.17) is 37.4 Å². The van der Waals surface area contributed by atoms with Gasteiger partial charge in [0, 0.05) is 11.9 Å². The summed E-state index contributed by atoms with van der Waals surface area (Å²) in [6.07, 6.45) is 1.54. The zero-order chi connectivity index (χ0) is 29.1. The largest absolute Gasteiger partial charge is 0.507 e. The molecule has 5 rings (SSSR count). The van der Waals surface area contributed by atoms with Crippen LogP contribution in [0, 0.1) is 0 Å². The fraction of sp³-hybridized carbons (Fsp3) is 0.129. The lowest BCUT2D eigenvalue weighted by Gasteiger charge is -2.25. The second-order valence-electron chi connectivity index (χ2n) is 8.98. The maximum absolute atomic E-state index is 13.5. The van der Waals surface area contributed by atoms with Crippen molar-refractivity contribution in [3.63, 3.8) is 0 Å². The number of Topliss-reactive ketones (excluding diaryl/α,β-unsaturated/α-hetero) is 1. The van der Waals surface area contributed by atoms with Crippen molar-refractivity contribution in [1.82, 2.24) is 4.98 Å². The lowest BCUT2D eigenvalue weighted by Crippen LogP contribution is -2.29. The SMILES string of the molecule is COc1c(Cl)cc(/C(O)=C2\C(=O)C(=O)N(c3ccc(OCc4ccccc4)cc3)C2c2ccccn2)c(OC)c1Cl. The van der Waals surface area contributed by atoms with Crippen LogP contribution in [0.5, 0.6) is 17.2 Å². The molecule has 0 bridgehead atoms. The Morgan fingerprint density at radius 2 is 1.61 bits per heavy atom. The van der Waals surface area contributed by atoms with Crippen LogP contribution in [0.1, 0.15) is 22.9 Å². The number of aliphatic hydroxyl groups is 1. The average molecular weight is 591 g/mol. The van der Waals surface area contributed by atoms with E-state index in [0.29, 0.717) is 23.7 Å². The molecule has 1 atom stereocenters. The molecule has 0 radical (unpaired) electrons. The molecule has 1 unspecified atom stereocenters. The summed E-state index contributed by atoms with van der Waals surface area (Å²) in [5, 5.41) is 11.6. The van der Waals surface area contributed by atoms with Gasteiger partial charge in [0.25, 0.3) is 11.7 Å². The van der Waals surface area contributed by atoms with Gasteiger partial charge in [0.1, 0.15) is 29.2 Å². The molecule has 4 aromatic rings. The number of aromatic nitrogens is 1. The Morgan fingerprint density at radius 1 is 0.927 bits per heavy atom. The van der Waals surface area contributed by atoms with Gasteiger partial charge in [0.05, 0.1) is 36.1 Å². The number of anilines is 1. The normalized spacial score (nSPS) is 16.1. The fourth-order valence-electron chi connectivity index (χ4n) is 4.65. The molecule has 2 heterocycles. The molecule has 3 aromatic carbocycles. The second kappa shape index (κ2) is 11.9. The highest BCUT2D eigenvalue weighted by atomic mass is 35.5. The zero-order valence-electron chi connectivity index (χ0n) is 22.0. The molecule has 1 aromatic heterocycles. The molecule has 8 nitrogen and oxygen atoms in total. The molecule has 1 amide bonds. The summed E-state index contributed by atoms with van der Waals surface area (Å²) in [5.41, 5.74) is 1.60. The first-order valence-corrected chi connectivity index (χ1v) is 13.2.